The molecule has 0 bridgehead atoms. The first-order valence-corrected chi connectivity index (χ1v) is 10.9. The molecule has 4 heterocycles. The van der Waals surface area contributed by atoms with Crippen LogP contribution in [0.3, 0.4) is 0 Å². The van der Waals surface area contributed by atoms with E-state index in [9.17, 15) is 5.11 Å². The minimum Gasteiger partial charge on any atom is -0.506 e. The summed E-state index contributed by atoms with van der Waals surface area (Å²) in [6.07, 6.45) is 3.30. The zero-order valence-corrected chi connectivity index (χ0v) is 18.6. The van der Waals surface area contributed by atoms with Gasteiger partial charge >= 0.3 is 0 Å². The largest absolute Gasteiger partial charge is 0.506 e. The van der Waals surface area contributed by atoms with Crippen molar-refractivity contribution in [3.05, 3.63) is 66.6 Å². The fraction of sp³-hybridized carbons (Fsp3) is 0.208. The van der Waals surface area contributed by atoms with Crippen molar-refractivity contribution in [1.82, 2.24) is 24.9 Å². The quantitative estimate of drug-likeness (QED) is 0.371. The van der Waals surface area contributed by atoms with Gasteiger partial charge < -0.3 is 25.4 Å². The average molecular weight is 457 g/mol. The maximum Gasteiger partial charge on any atom is 0.229 e. The summed E-state index contributed by atoms with van der Waals surface area (Å²) in [6.45, 7) is 4.89. The standard InChI is InChI=1S/C24H24N8O2/c1-16-3-2-4-19(27-16)23-25-9-7-21(30-23)29-22-8-10-26-24(31-22)28-18-6-5-17(15-20(18)33)32-11-13-34-14-12-32/h2-10,15,33H,11-14H2,1H3,(H2,25,26,28,29,30,31). The number of phenols is 1. The molecule has 1 fully saturated rings. The van der Waals surface area contributed by atoms with Crippen molar-refractivity contribution in [2.24, 2.45) is 0 Å². The van der Waals surface area contributed by atoms with Crippen LogP contribution in [0.25, 0.3) is 11.5 Å². The lowest BCUT2D eigenvalue weighted by Crippen LogP contribution is -2.36. The number of nitrogens with one attached hydrogen (secondary N) is 2. The maximum absolute atomic E-state index is 10.5. The number of hydrogen-bond acceptors (Lipinski definition) is 10. The van der Waals surface area contributed by atoms with Gasteiger partial charge in [0.2, 0.25) is 5.95 Å². The van der Waals surface area contributed by atoms with Crippen LogP contribution in [0.15, 0.2) is 60.9 Å². The SMILES string of the molecule is Cc1cccc(-c2nccc(Nc3ccnc(Nc4ccc(N5CCOCC5)cc4O)n3)n2)n1. The lowest BCUT2D eigenvalue weighted by atomic mass is 10.2. The number of aromatic nitrogens is 5. The highest BCUT2D eigenvalue weighted by Gasteiger charge is 2.14. The summed E-state index contributed by atoms with van der Waals surface area (Å²) in [5.41, 5.74) is 3.06. The Bertz CT molecular complexity index is 1290. The van der Waals surface area contributed by atoms with Crippen LogP contribution in [0.5, 0.6) is 5.75 Å². The number of benzene rings is 1. The second-order valence-corrected chi connectivity index (χ2v) is 7.75. The second-order valence-electron chi connectivity index (χ2n) is 7.75. The van der Waals surface area contributed by atoms with E-state index in [1.54, 1.807) is 30.6 Å². The molecule has 5 rings (SSSR count). The van der Waals surface area contributed by atoms with E-state index in [2.05, 4.69) is 40.5 Å². The summed E-state index contributed by atoms with van der Waals surface area (Å²) in [5, 5.41) is 16.8. The molecule has 4 aromatic rings. The van der Waals surface area contributed by atoms with E-state index in [1.807, 2.05) is 37.3 Å². The number of phenolic OH excluding ortho intramolecular Hbond substituents is 1. The summed E-state index contributed by atoms with van der Waals surface area (Å²) < 4.78 is 5.39. The molecule has 10 heteroatoms. The van der Waals surface area contributed by atoms with Crippen molar-refractivity contribution in [3.8, 4) is 17.3 Å². The number of rotatable bonds is 6. The van der Waals surface area contributed by atoms with E-state index in [-0.39, 0.29) is 5.75 Å². The molecule has 1 aromatic carbocycles. The average Bonchev–Trinajstić information content (AvgIpc) is 2.86. The minimum atomic E-state index is 0.122. The van der Waals surface area contributed by atoms with Gasteiger partial charge in [0.05, 0.1) is 18.9 Å². The van der Waals surface area contributed by atoms with E-state index >= 15 is 0 Å². The number of anilines is 5. The third-order valence-corrected chi connectivity index (χ3v) is 5.29. The van der Waals surface area contributed by atoms with E-state index in [4.69, 9.17) is 4.74 Å². The van der Waals surface area contributed by atoms with Crippen molar-refractivity contribution in [1.29, 1.82) is 0 Å². The predicted octanol–water partition coefficient (Wildman–Crippen LogP) is 3.67. The molecule has 3 N–H and O–H groups in total. The number of ether oxygens (including phenoxy) is 1. The number of morpholine rings is 1. The van der Waals surface area contributed by atoms with E-state index in [0.717, 1.165) is 24.5 Å². The Kier molecular flexibility index (Phi) is 6.13. The molecule has 0 amide bonds. The van der Waals surface area contributed by atoms with Crippen LogP contribution in [0.1, 0.15) is 5.69 Å². The normalized spacial score (nSPS) is 13.5. The highest BCUT2D eigenvalue weighted by Crippen LogP contribution is 2.31. The maximum atomic E-state index is 10.5. The summed E-state index contributed by atoms with van der Waals surface area (Å²) in [4.78, 5) is 24.3. The van der Waals surface area contributed by atoms with Gasteiger partial charge in [-0.25, -0.2) is 19.9 Å². The summed E-state index contributed by atoms with van der Waals surface area (Å²) in [6, 6.07) is 14.7. The minimum absolute atomic E-state index is 0.122. The fourth-order valence-corrected chi connectivity index (χ4v) is 3.60. The summed E-state index contributed by atoms with van der Waals surface area (Å²) in [5.74, 6) is 2.11. The third kappa shape index (κ3) is 5.02. The van der Waals surface area contributed by atoms with Crippen LogP contribution >= 0.6 is 0 Å². The smallest absolute Gasteiger partial charge is 0.229 e. The van der Waals surface area contributed by atoms with Crippen molar-refractivity contribution in [2.75, 3.05) is 41.8 Å². The number of hydrogen-bond donors (Lipinski definition) is 3. The molecule has 1 saturated heterocycles. The monoisotopic (exact) mass is 456 g/mol. The number of nitrogens with zero attached hydrogens (tertiary/aromatic N) is 6. The Morgan fingerprint density at radius 1 is 0.882 bits per heavy atom. The van der Waals surface area contributed by atoms with Gasteiger partial charge in [-0.05, 0) is 43.3 Å². The molecule has 10 nitrogen and oxygen atoms in total. The number of pyridine rings is 1. The van der Waals surface area contributed by atoms with Crippen molar-refractivity contribution in [3.63, 3.8) is 0 Å². The molecule has 34 heavy (non-hydrogen) atoms. The van der Waals surface area contributed by atoms with Crippen LogP contribution in [-0.2, 0) is 4.74 Å². The Hall–Kier alpha value is -4.31. The number of aryl methyl sites for hydroxylation is 1. The van der Waals surface area contributed by atoms with Crippen LogP contribution in [-0.4, -0.2) is 56.3 Å². The highest BCUT2D eigenvalue weighted by atomic mass is 16.5. The van der Waals surface area contributed by atoms with Crippen molar-refractivity contribution < 1.29 is 9.84 Å². The van der Waals surface area contributed by atoms with E-state index in [0.29, 0.717) is 48.0 Å². The molecule has 0 saturated carbocycles. The molecule has 3 aromatic heterocycles. The second kappa shape index (κ2) is 9.67. The van der Waals surface area contributed by atoms with E-state index < -0.39 is 0 Å². The van der Waals surface area contributed by atoms with Gasteiger partial charge in [0, 0.05) is 42.9 Å². The van der Waals surface area contributed by atoms with Gasteiger partial charge in [-0.2, -0.15) is 4.98 Å². The topological polar surface area (TPSA) is 121 Å². The molecule has 0 aliphatic carbocycles. The lowest BCUT2D eigenvalue weighted by molar-refractivity contribution is 0.122. The first-order chi connectivity index (χ1) is 16.6. The molecular formula is C24H24N8O2. The molecule has 0 atom stereocenters. The fourth-order valence-electron chi connectivity index (χ4n) is 3.60. The molecule has 0 unspecified atom stereocenters. The Balaban J connectivity index is 1.30. The molecule has 1 aliphatic rings. The number of aromatic hydroxyl groups is 1. The molecule has 0 radical (unpaired) electrons. The molecule has 172 valence electrons. The molecule has 0 spiro atoms. The predicted molar refractivity (Wildman–Crippen MR) is 130 cm³/mol. The Morgan fingerprint density at radius 2 is 1.68 bits per heavy atom. The summed E-state index contributed by atoms with van der Waals surface area (Å²) >= 11 is 0. The van der Waals surface area contributed by atoms with Gasteiger partial charge in [-0.15, -0.1) is 0 Å². The zero-order valence-electron chi connectivity index (χ0n) is 18.6. The van der Waals surface area contributed by atoms with Gasteiger partial charge in [0.25, 0.3) is 0 Å². The van der Waals surface area contributed by atoms with Crippen molar-refractivity contribution in [2.45, 2.75) is 6.92 Å². The van der Waals surface area contributed by atoms with Gasteiger partial charge in [0.15, 0.2) is 5.82 Å². The highest BCUT2D eigenvalue weighted by molar-refractivity contribution is 5.68. The lowest BCUT2D eigenvalue weighted by Gasteiger charge is -2.29. The summed E-state index contributed by atoms with van der Waals surface area (Å²) in [7, 11) is 0. The van der Waals surface area contributed by atoms with Crippen LogP contribution in [0.4, 0.5) is 29.0 Å². The van der Waals surface area contributed by atoms with E-state index in [1.165, 1.54) is 0 Å². The van der Waals surface area contributed by atoms with Gasteiger partial charge in [-0.1, -0.05) is 6.07 Å². The Morgan fingerprint density at radius 3 is 2.47 bits per heavy atom. The first-order valence-electron chi connectivity index (χ1n) is 10.9. The molecular weight excluding hydrogens is 432 g/mol. The van der Waals surface area contributed by atoms with Crippen LogP contribution in [0, 0.1) is 6.92 Å². The Labute approximate surface area is 196 Å². The van der Waals surface area contributed by atoms with Crippen LogP contribution in [0.2, 0.25) is 0 Å². The van der Waals surface area contributed by atoms with Gasteiger partial charge in [-0.3, -0.25) is 0 Å². The van der Waals surface area contributed by atoms with Crippen LogP contribution < -0.4 is 15.5 Å². The van der Waals surface area contributed by atoms with Gasteiger partial charge in [0.1, 0.15) is 23.1 Å². The van der Waals surface area contributed by atoms with Crippen molar-refractivity contribution >= 4 is 29.0 Å². The third-order valence-electron chi connectivity index (χ3n) is 5.29. The zero-order chi connectivity index (χ0) is 23.3. The molecule has 1 aliphatic heterocycles. The first kappa shape index (κ1) is 21.5.